The molecule has 0 radical (unpaired) electrons. The standard InChI is InChI=1S/C17H36O2Si/c1-15(2,3)11-10-12(16(4,5)6)13(20)14(18)19-17(7,8)9/h12-13H,10-11H2,1-9,20H3. The van der Waals surface area contributed by atoms with Crippen LogP contribution < -0.4 is 0 Å². The second-order valence-corrected chi connectivity index (χ2v) is 10.6. The van der Waals surface area contributed by atoms with Gasteiger partial charge < -0.3 is 4.74 Å². The highest BCUT2D eigenvalue weighted by molar-refractivity contribution is 6.22. The van der Waals surface area contributed by atoms with Crippen molar-refractivity contribution in [1.82, 2.24) is 0 Å². The second-order valence-electron chi connectivity index (χ2n) is 9.39. The number of esters is 1. The van der Waals surface area contributed by atoms with E-state index in [0.717, 1.165) is 23.1 Å². The van der Waals surface area contributed by atoms with Gasteiger partial charge in [-0.15, -0.1) is 0 Å². The zero-order valence-electron chi connectivity index (χ0n) is 15.4. The minimum Gasteiger partial charge on any atom is -0.460 e. The molecule has 2 unspecified atom stereocenters. The lowest BCUT2D eigenvalue weighted by molar-refractivity contribution is -0.157. The van der Waals surface area contributed by atoms with Crippen LogP contribution in [0.1, 0.15) is 75.2 Å². The summed E-state index contributed by atoms with van der Waals surface area (Å²) in [5, 5.41) is 0. The Balaban J connectivity index is 4.92. The van der Waals surface area contributed by atoms with Gasteiger partial charge in [-0.1, -0.05) is 41.5 Å². The van der Waals surface area contributed by atoms with Crippen LogP contribution in [-0.2, 0) is 9.53 Å². The predicted octanol–water partition coefficient (Wildman–Crippen LogP) is 3.97. The van der Waals surface area contributed by atoms with Crippen molar-refractivity contribution in [1.29, 1.82) is 0 Å². The summed E-state index contributed by atoms with van der Waals surface area (Å²) in [6.45, 7) is 19.4. The number of rotatable bonds is 4. The topological polar surface area (TPSA) is 26.3 Å². The molecule has 120 valence electrons. The fourth-order valence-corrected chi connectivity index (χ4v) is 4.03. The van der Waals surface area contributed by atoms with Crippen LogP contribution in [0, 0.1) is 16.7 Å². The lowest BCUT2D eigenvalue weighted by Crippen LogP contribution is -2.35. The molecule has 0 aromatic carbocycles. The Hall–Kier alpha value is -0.313. The zero-order chi connectivity index (χ0) is 16.4. The van der Waals surface area contributed by atoms with Crippen LogP contribution >= 0.6 is 0 Å². The smallest absolute Gasteiger partial charge is 0.305 e. The molecule has 0 N–H and O–H groups in total. The predicted molar refractivity (Wildman–Crippen MR) is 91.2 cm³/mol. The van der Waals surface area contributed by atoms with Gasteiger partial charge in [-0.3, -0.25) is 4.79 Å². The largest absolute Gasteiger partial charge is 0.460 e. The van der Waals surface area contributed by atoms with Gasteiger partial charge in [0.25, 0.3) is 0 Å². The molecular formula is C17H36O2Si. The average molecular weight is 301 g/mol. The third-order valence-corrected chi connectivity index (χ3v) is 4.98. The Labute approximate surface area is 129 Å². The molecule has 0 saturated carbocycles. The normalized spacial score (nSPS) is 16.9. The number of hydrogen-bond acceptors (Lipinski definition) is 2. The molecule has 0 heterocycles. The number of hydrogen-bond donors (Lipinski definition) is 0. The Kier molecular flexibility index (Phi) is 6.53. The maximum atomic E-state index is 12.4. The molecule has 0 fully saturated rings. The maximum absolute atomic E-state index is 12.4. The Morgan fingerprint density at radius 3 is 1.75 bits per heavy atom. The zero-order valence-corrected chi connectivity index (χ0v) is 17.4. The van der Waals surface area contributed by atoms with Gasteiger partial charge in [-0.25, -0.2) is 0 Å². The van der Waals surface area contributed by atoms with Crippen molar-refractivity contribution >= 4 is 16.2 Å². The van der Waals surface area contributed by atoms with Crippen LogP contribution in [0.2, 0.25) is 5.54 Å². The van der Waals surface area contributed by atoms with Gasteiger partial charge in [0, 0.05) is 15.8 Å². The van der Waals surface area contributed by atoms with Crippen LogP contribution in [0.25, 0.3) is 0 Å². The lowest BCUT2D eigenvalue weighted by atomic mass is 9.73. The maximum Gasteiger partial charge on any atom is 0.305 e. The highest BCUT2D eigenvalue weighted by Gasteiger charge is 2.36. The fourth-order valence-electron chi connectivity index (χ4n) is 2.58. The molecule has 0 bridgehead atoms. The van der Waals surface area contributed by atoms with Crippen molar-refractivity contribution in [2.45, 2.75) is 86.3 Å². The van der Waals surface area contributed by atoms with Gasteiger partial charge in [0.2, 0.25) is 0 Å². The van der Waals surface area contributed by atoms with Gasteiger partial charge in [-0.2, -0.15) is 0 Å². The van der Waals surface area contributed by atoms with Crippen molar-refractivity contribution in [3.05, 3.63) is 0 Å². The molecule has 0 aliphatic heterocycles. The summed E-state index contributed by atoms with van der Waals surface area (Å²) < 4.78 is 5.60. The van der Waals surface area contributed by atoms with Gasteiger partial charge in [-0.05, 0) is 50.4 Å². The SMILES string of the molecule is CC(C)(C)CCC(C([SiH3])C(=O)OC(C)(C)C)C(C)(C)C. The molecule has 2 atom stereocenters. The molecule has 0 amide bonds. The van der Waals surface area contributed by atoms with E-state index in [1.807, 2.05) is 20.8 Å². The summed E-state index contributed by atoms with van der Waals surface area (Å²) in [5.41, 5.74) is 0.163. The summed E-state index contributed by atoms with van der Waals surface area (Å²) >= 11 is 0. The first-order valence-corrected chi connectivity index (χ1v) is 9.02. The summed E-state index contributed by atoms with van der Waals surface area (Å²) in [6.07, 6.45) is 2.25. The minimum absolute atomic E-state index is 0.00185. The molecule has 2 nitrogen and oxygen atoms in total. The van der Waals surface area contributed by atoms with Gasteiger partial charge in [0.05, 0.1) is 0 Å². The van der Waals surface area contributed by atoms with Crippen LogP contribution in [0.5, 0.6) is 0 Å². The lowest BCUT2D eigenvalue weighted by Gasteiger charge is -2.37. The van der Waals surface area contributed by atoms with Crippen molar-refractivity contribution in [3.8, 4) is 0 Å². The van der Waals surface area contributed by atoms with E-state index < -0.39 is 0 Å². The highest BCUT2D eigenvalue weighted by atomic mass is 28.1. The molecule has 20 heavy (non-hydrogen) atoms. The molecule has 0 aromatic rings. The first kappa shape index (κ1) is 19.7. The first-order chi connectivity index (χ1) is 8.63. The third kappa shape index (κ3) is 8.08. The first-order valence-electron chi connectivity index (χ1n) is 7.86. The van der Waals surface area contributed by atoms with Crippen LogP contribution in [0.4, 0.5) is 0 Å². The summed E-state index contributed by atoms with van der Waals surface area (Å²) in [5.74, 6) is 0.404. The van der Waals surface area contributed by atoms with E-state index in [9.17, 15) is 4.79 Å². The van der Waals surface area contributed by atoms with Crippen molar-refractivity contribution in [2.24, 2.45) is 16.7 Å². The fraction of sp³-hybridized carbons (Fsp3) is 0.941. The summed E-state index contributed by atoms with van der Waals surface area (Å²) in [7, 11) is 0.857. The Morgan fingerprint density at radius 2 is 1.45 bits per heavy atom. The quantitative estimate of drug-likeness (QED) is 0.580. The van der Waals surface area contributed by atoms with Gasteiger partial charge in [0.1, 0.15) is 5.60 Å². The number of carbonyl (C=O) groups excluding carboxylic acids is 1. The van der Waals surface area contributed by atoms with E-state index in [4.69, 9.17) is 4.74 Å². The highest BCUT2D eigenvalue weighted by Crippen LogP contribution is 2.40. The van der Waals surface area contributed by atoms with E-state index in [0.29, 0.717) is 11.3 Å². The monoisotopic (exact) mass is 300 g/mol. The molecule has 0 spiro atoms. The van der Waals surface area contributed by atoms with Gasteiger partial charge in [0.15, 0.2) is 0 Å². The summed E-state index contributed by atoms with van der Waals surface area (Å²) in [6, 6.07) is 0. The molecule has 0 aliphatic carbocycles. The van der Waals surface area contributed by atoms with Crippen LogP contribution in [-0.4, -0.2) is 21.8 Å². The Bertz CT molecular complexity index is 315. The van der Waals surface area contributed by atoms with E-state index in [1.54, 1.807) is 0 Å². The second kappa shape index (κ2) is 6.63. The van der Waals surface area contributed by atoms with E-state index in [-0.39, 0.29) is 22.5 Å². The van der Waals surface area contributed by atoms with Crippen molar-refractivity contribution in [2.75, 3.05) is 0 Å². The van der Waals surface area contributed by atoms with Crippen LogP contribution in [0.15, 0.2) is 0 Å². The number of carbonyl (C=O) groups is 1. The summed E-state index contributed by atoms with van der Waals surface area (Å²) in [4.78, 5) is 12.4. The van der Waals surface area contributed by atoms with E-state index in [1.165, 1.54) is 0 Å². The van der Waals surface area contributed by atoms with Gasteiger partial charge >= 0.3 is 5.97 Å². The third-order valence-electron chi connectivity index (χ3n) is 3.70. The molecule has 3 heteroatoms. The molecule has 0 aromatic heterocycles. The van der Waals surface area contributed by atoms with Crippen LogP contribution in [0.3, 0.4) is 0 Å². The molecule has 0 aliphatic rings. The van der Waals surface area contributed by atoms with E-state index in [2.05, 4.69) is 41.5 Å². The molecule has 0 rings (SSSR count). The minimum atomic E-state index is -0.383. The Morgan fingerprint density at radius 1 is 1.00 bits per heavy atom. The molecule has 0 saturated heterocycles. The van der Waals surface area contributed by atoms with Crippen molar-refractivity contribution < 1.29 is 9.53 Å². The van der Waals surface area contributed by atoms with Crippen molar-refractivity contribution in [3.63, 3.8) is 0 Å². The number of ether oxygens (including phenoxy) is 1. The average Bonchev–Trinajstić information content (AvgIpc) is 2.10. The molecular weight excluding hydrogens is 264 g/mol. The van der Waals surface area contributed by atoms with E-state index >= 15 is 0 Å².